The Morgan fingerprint density at radius 3 is 2.79 bits per heavy atom. The molecule has 2 heterocycles. The van der Waals surface area contributed by atoms with Crippen LogP contribution in [-0.2, 0) is 4.79 Å². The van der Waals surface area contributed by atoms with Crippen molar-refractivity contribution in [2.24, 2.45) is 0 Å². The molecule has 1 atom stereocenters. The van der Waals surface area contributed by atoms with Crippen LogP contribution < -0.4 is 14.8 Å². The number of rotatable bonds is 4. The number of anilines is 1. The lowest BCUT2D eigenvalue weighted by Crippen LogP contribution is -2.35. The average molecular weight is 445 g/mol. The smallest absolute Gasteiger partial charge is 0.242 e. The number of hydrogen-bond acceptors (Lipinski definition) is 4. The molecule has 5 nitrogen and oxygen atoms in total. The number of hydrogen-bond donors (Lipinski definition) is 1. The second-order valence-electron chi connectivity index (χ2n) is 7.31. The van der Waals surface area contributed by atoms with E-state index in [2.05, 4.69) is 27.3 Å². The summed E-state index contributed by atoms with van der Waals surface area (Å²) in [7, 11) is 0. The van der Waals surface area contributed by atoms with Crippen molar-refractivity contribution in [3.63, 3.8) is 0 Å². The van der Waals surface area contributed by atoms with Crippen molar-refractivity contribution in [2.75, 3.05) is 31.6 Å². The third-order valence-corrected chi connectivity index (χ3v) is 5.84. The molecule has 1 fully saturated rings. The van der Waals surface area contributed by atoms with Gasteiger partial charge in [0.05, 0.1) is 25.8 Å². The number of ether oxygens (including phenoxy) is 2. The van der Waals surface area contributed by atoms with Crippen molar-refractivity contribution < 1.29 is 14.3 Å². The van der Waals surface area contributed by atoms with E-state index in [1.807, 2.05) is 42.2 Å². The summed E-state index contributed by atoms with van der Waals surface area (Å²) in [6.45, 7) is 4.47. The molecular formula is C22H25BrN2O3. The summed E-state index contributed by atoms with van der Waals surface area (Å²) in [5, 5.41) is 3.29. The zero-order valence-electron chi connectivity index (χ0n) is 16.0. The summed E-state index contributed by atoms with van der Waals surface area (Å²) < 4.78 is 12.6. The van der Waals surface area contributed by atoms with E-state index in [0.29, 0.717) is 19.8 Å². The van der Waals surface area contributed by atoms with Gasteiger partial charge in [-0.05, 0) is 61.2 Å². The molecule has 6 heteroatoms. The van der Waals surface area contributed by atoms with Gasteiger partial charge in [0.25, 0.3) is 0 Å². The zero-order valence-corrected chi connectivity index (χ0v) is 17.6. The highest BCUT2D eigenvalue weighted by Crippen LogP contribution is 2.38. The largest absolute Gasteiger partial charge is 0.490 e. The van der Waals surface area contributed by atoms with Crippen molar-refractivity contribution in [3.8, 4) is 11.5 Å². The fourth-order valence-corrected chi connectivity index (χ4v) is 4.37. The first-order valence-corrected chi connectivity index (χ1v) is 10.6. The highest BCUT2D eigenvalue weighted by molar-refractivity contribution is 9.10. The van der Waals surface area contributed by atoms with E-state index in [9.17, 15) is 4.79 Å². The van der Waals surface area contributed by atoms with Gasteiger partial charge in [-0.3, -0.25) is 4.79 Å². The Labute approximate surface area is 174 Å². The molecule has 2 aromatic rings. The number of nitrogens with zero attached hydrogens (tertiary/aromatic N) is 1. The number of nitrogens with one attached hydrogen (secondary N) is 1. The van der Waals surface area contributed by atoms with Crippen LogP contribution in [0.1, 0.15) is 36.4 Å². The number of aryl methyl sites for hydroxylation is 1. The Morgan fingerprint density at radius 1 is 1.14 bits per heavy atom. The molecule has 1 saturated heterocycles. The minimum absolute atomic E-state index is 0.0949. The number of likely N-dealkylation sites (tertiary alicyclic amines) is 1. The molecule has 0 bridgehead atoms. The van der Waals surface area contributed by atoms with Gasteiger partial charge in [-0.2, -0.15) is 0 Å². The molecule has 4 rings (SSSR count). The number of fused-ring (bicyclic) bond motifs is 1. The van der Waals surface area contributed by atoms with Gasteiger partial charge in [0, 0.05) is 23.1 Å². The van der Waals surface area contributed by atoms with Gasteiger partial charge in [-0.15, -0.1) is 0 Å². The standard InChI is InChI=1S/C22H25BrN2O3/c1-15-12-17(23)6-7-18(15)24-14-22(26)25-9-2-4-19(25)16-5-8-20-21(13-16)28-11-3-10-27-20/h5-8,12-13,19,24H,2-4,9-11,14H2,1H3. The van der Waals surface area contributed by atoms with Gasteiger partial charge < -0.3 is 19.7 Å². The Balaban J connectivity index is 1.45. The molecule has 2 aliphatic heterocycles. The Hall–Kier alpha value is -2.21. The Bertz CT molecular complexity index is 871. The van der Waals surface area contributed by atoms with Crippen LogP contribution in [-0.4, -0.2) is 37.1 Å². The van der Waals surface area contributed by atoms with Gasteiger partial charge in [-0.1, -0.05) is 22.0 Å². The van der Waals surface area contributed by atoms with E-state index in [0.717, 1.165) is 58.6 Å². The van der Waals surface area contributed by atoms with Crippen LogP contribution in [0.15, 0.2) is 40.9 Å². The van der Waals surface area contributed by atoms with E-state index < -0.39 is 0 Å². The minimum atomic E-state index is 0.0949. The molecule has 28 heavy (non-hydrogen) atoms. The second kappa shape index (κ2) is 8.43. The highest BCUT2D eigenvalue weighted by atomic mass is 79.9. The second-order valence-corrected chi connectivity index (χ2v) is 8.23. The maximum atomic E-state index is 12.9. The van der Waals surface area contributed by atoms with Crippen LogP contribution in [0.4, 0.5) is 5.69 Å². The molecule has 0 saturated carbocycles. The minimum Gasteiger partial charge on any atom is -0.490 e. The third kappa shape index (κ3) is 4.12. The van der Waals surface area contributed by atoms with Crippen molar-refractivity contribution in [3.05, 3.63) is 52.0 Å². The van der Waals surface area contributed by atoms with E-state index in [-0.39, 0.29) is 11.9 Å². The lowest BCUT2D eigenvalue weighted by Gasteiger charge is -2.26. The van der Waals surface area contributed by atoms with Gasteiger partial charge in [-0.25, -0.2) is 0 Å². The molecule has 0 aromatic heterocycles. The molecule has 1 unspecified atom stereocenters. The fourth-order valence-electron chi connectivity index (χ4n) is 3.90. The predicted octanol–water partition coefficient (Wildman–Crippen LogP) is 4.69. The SMILES string of the molecule is Cc1cc(Br)ccc1NCC(=O)N1CCCC1c1ccc2c(c1)OCCCO2. The van der Waals surface area contributed by atoms with Crippen LogP contribution in [0.2, 0.25) is 0 Å². The summed E-state index contributed by atoms with van der Waals surface area (Å²) in [5.74, 6) is 1.71. The molecule has 2 aromatic carbocycles. The average Bonchev–Trinajstić information content (AvgIpc) is 3.06. The maximum absolute atomic E-state index is 12.9. The molecule has 2 aliphatic rings. The van der Waals surface area contributed by atoms with E-state index in [4.69, 9.17) is 9.47 Å². The molecular weight excluding hydrogens is 420 g/mol. The van der Waals surface area contributed by atoms with Gasteiger partial charge in [0.15, 0.2) is 11.5 Å². The monoisotopic (exact) mass is 444 g/mol. The van der Waals surface area contributed by atoms with Crippen molar-refractivity contribution >= 4 is 27.5 Å². The third-order valence-electron chi connectivity index (χ3n) is 5.35. The van der Waals surface area contributed by atoms with Gasteiger partial charge in [0.1, 0.15) is 0 Å². The lowest BCUT2D eigenvalue weighted by molar-refractivity contribution is -0.130. The van der Waals surface area contributed by atoms with Crippen molar-refractivity contribution in [2.45, 2.75) is 32.2 Å². The van der Waals surface area contributed by atoms with Crippen molar-refractivity contribution in [1.29, 1.82) is 0 Å². The summed E-state index contributed by atoms with van der Waals surface area (Å²) in [4.78, 5) is 14.9. The lowest BCUT2D eigenvalue weighted by atomic mass is 10.0. The fraction of sp³-hybridized carbons (Fsp3) is 0.409. The van der Waals surface area contributed by atoms with Crippen LogP contribution in [0.3, 0.4) is 0 Å². The first kappa shape index (κ1) is 19.1. The van der Waals surface area contributed by atoms with Gasteiger partial charge >= 0.3 is 0 Å². The Kier molecular flexibility index (Phi) is 5.76. The molecule has 0 spiro atoms. The molecule has 1 N–H and O–H groups in total. The van der Waals surface area contributed by atoms with Gasteiger partial charge in [0.2, 0.25) is 5.91 Å². The maximum Gasteiger partial charge on any atom is 0.242 e. The van der Waals surface area contributed by atoms with E-state index in [1.165, 1.54) is 0 Å². The number of benzene rings is 2. The van der Waals surface area contributed by atoms with Crippen LogP contribution in [0.5, 0.6) is 11.5 Å². The molecule has 0 aliphatic carbocycles. The van der Waals surface area contributed by atoms with E-state index in [1.54, 1.807) is 0 Å². The number of halogens is 1. The Morgan fingerprint density at radius 2 is 1.96 bits per heavy atom. The van der Waals surface area contributed by atoms with Crippen molar-refractivity contribution in [1.82, 2.24) is 4.90 Å². The first-order chi connectivity index (χ1) is 13.6. The predicted molar refractivity (Wildman–Crippen MR) is 113 cm³/mol. The summed E-state index contributed by atoms with van der Waals surface area (Å²) in [6.07, 6.45) is 2.88. The molecule has 148 valence electrons. The van der Waals surface area contributed by atoms with Crippen LogP contribution >= 0.6 is 15.9 Å². The number of carbonyl (C=O) groups is 1. The number of carbonyl (C=O) groups excluding carboxylic acids is 1. The molecule has 1 amide bonds. The zero-order chi connectivity index (χ0) is 19.5. The summed E-state index contributed by atoms with van der Waals surface area (Å²) >= 11 is 3.47. The normalized spacial score (nSPS) is 18.6. The summed E-state index contributed by atoms with van der Waals surface area (Å²) in [5.41, 5.74) is 3.22. The highest BCUT2D eigenvalue weighted by Gasteiger charge is 2.30. The van der Waals surface area contributed by atoms with Crippen LogP contribution in [0.25, 0.3) is 0 Å². The quantitative estimate of drug-likeness (QED) is 0.742. The van der Waals surface area contributed by atoms with Crippen LogP contribution in [0, 0.1) is 6.92 Å². The number of amides is 1. The summed E-state index contributed by atoms with van der Waals surface area (Å²) in [6, 6.07) is 12.2. The first-order valence-electron chi connectivity index (χ1n) is 9.81. The topological polar surface area (TPSA) is 50.8 Å². The molecule has 0 radical (unpaired) electrons. The van der Waals surface area contributed by atoms with E-state index >= 15 is 0 Å².